The lowest BCUT2D eigenvalue weighted by Gasteiger charge is -2.19. The molecule has 0 saturated heterocycles. The van der Waals surface area contributed by atoms with Crippen molar-refractivity contribution in [1.82, 2.24) is 9.55 Å². The Balaban J connectivity index is 2.49. The van der Waals surface area contributed by atoms with Gasteiger partial charge >= 0.3 is 0 Å². The first-order valence-electron chi connectivity index (χ1n) is 8.55. The second-order valence-electron chi connectivity index (χ2n) is 5.84. The number of nitrogens with zero attached hydrogens (tertiary/aromatic N) is 2. The molecule has 22 heavy (non-hydrogen) atoms. The van der Waals surface area contributed by atoms with Crippen molar-refractivity contribution in [2.45, 2.75) is 59.0 Å². The molecule has 0 unspecified atom stereocenters. The van der Waals surface area contributed by atoms with Gasteiger partial charge in [-0.25, -0.2) is 4.98 Å². The van der Waals surface area contributed by atoms with Crippen molar-refractivity contribution >= 4 is 10.9 Å². The van der Waals surface area contributed by atoms with Gasteiger partial charge in [0.2, 0.25) is 0 Å². The lowest BCUT2D eigenvalue weighted by Crippen LogP contribution is -2.85. The third kappa shape index (κ3) is 3.55. The monoisotopic (exact) mass is 302 g/mol. The van der Waals surface area contributed by atoms with E-state index < -0.39 is 0 Å². The first-order valence-corrected chi connectivity index (χ1v) is 8.55. The van der Waals surface area contributed by atoms with E-state index in [-0.39, 0.29) is 11.6 Å². The fraction of sp³-hybridized carbons (Fsp3) is 0.556. The third-order valence-corrected chi connectivity index (χ3v) is 4.12. The van der Waals surface area contributed by atoms with Gasteiger partial charge in [-0.2, -0.15) is 0 Å². The van der Waals surface area contributed by atoms with Gasteiger partial charge in [-0.1, -0.05) is 39.3 Å². The minimum absolute atomic E-state index is 0.102. The first kappa shape index (κ1) is 16.7. The van der Waals surface area contributed by atoms with Gasteiger partial charge in [-0.05, 0) is 25.0 Å². The molecule has 2 rings (SSSR count). The smallest absolute Gasteiger partial charge is 0.261 e. The fourth-order valence-corrected chi connectivity index (χ4v) is 2.89. The number of unbranched alkanes of at least 4 members (excludes halogenated alkanes) is 1. The largest absolute Gasteiger partial charge is 0.338 e. The summed E-state index contributed by atoms with van der Waals surface area (Å²) in [6.45, 7) is 8.31. The van der Waals surface area contributed by atoms with Crippen LogP contribution in [0.5, 0.6) is 0 Å². The topological polar surface area (TPSA) is 51.5 Å². The number of hydrogen-bond donors (Lipinski definition) is 1. The number of fused-ring (bicyclic) bond motifs is 1. The maximum atomic E-state index is 12.8. The van der Waals surface area contributed by atoms with Gasteiger partial charge in [0, 0.05) is 13.0 Å². The molecule has 1 atom stereocenters. The Morgan fingerprint density at radius 2 is 1.95 bits per heavy atom. The van der Waals surface area contributed by atoms with E-state index in [0.717, 1.165) is 42.7 Å². The van der Waals surface area contributed by atoms with Crippen molar-refractivity contribution in [2.24, 2.45) is 0 Å². The summed E-state index contributed by atoms with van der Waals surface area (Å²) < 4.78 is 1.89. The lowest BCUT2D eigenvalue weighted by molar-refractivity contribution is -0.698. The summed E-state index contributed by atoms with van der Waals surface area (Å²) in [6, 6.07) is 7.93. The molecular weight excluding hydrogens is 274 g/mol. The second-order valence-corrected chi connectivity index (χ2v) is 5.84. The van der Waals surface area contributed by atoms with Crippen molar-refractivity contribution in [2.75, 3.05) is 6.54 Å². The molecule has 1 aromatic heterocycles. The Hall–Kier alpha value is -1.68. The van der Waals surface area contributed by atoms with Crippen LogP contribution in [-0.4, -0.2) is 16.1 Å². The SMILES string of the molecule is CCCC[NH2+][C@H](CC)c1nc2ccccc2c(=O)n1CCC. The molecule has 0 aliphatic carbocycles. The quantitative estimate of drug-likeness (QED) is 0.762. The summed E-state index contributed by atoms with van der Waals surface area (Å²) >= 11 is 0. The van der Waals surface area contributed by atoms with E-state index in [0.29, 0.717) is 0 Å². The third-order valence-electron chi connectivity index (χ3n) is 4.12. The van der Waals surface area contributed by atoms with Gasteiger partial charge in [0.1, 0.15) is 6.04 Å². The number of aromatic nitrogens is 2. The maximum absolute atomic E-state index is 12.8. The molecule has 0 aliphatic rings. The van der Waals surface area contributed by atoms with Crippen molar-refractivity contribution in [3.8, 4) is 0 Å². The van der Waals surface area contributed by atoms with Crippen LogP contribution in [-0.2, 0) is 6.54 Å². The highest BCUT2D eigenvalue weighted by atomic mass is 16.1. The van der Waals surface area contributed by atoms with Gasteiger partial charge in [0.05, 0.1) is 17.4 Å². The number of para-hydroxylation sites is 1. The first-order chi connectivity index (χ1) is 10.7. The number of nitrogens with two attached hydrogens (primary N) is 1. The highest BCUT2D eigenvalue weighted by molar-refractivity contribution is 5.77. The van der Waals surface area contributed by atoms with E-state index >= 15 is 0 Å². The summed E-state index contributed by atoms with van der Waals surface area (Å²) in [5, 5.41) is 3.06. The summed E-state index contributed by atoms with van der Waals surface area (Å²) in [7, 11) is 0. The molecule has 1 heterocycles. The van der Waals surface area contributed by atoms with E-state index in [1.54, 1.807) is 0 Å². The zero-order valence-corrected chi connectivity index (χ0v) is 14.0. The van der Waals surface area contributed by atoms with Crippen LogP contribution in [0.2, 0.25) is 0 Å². The zero-order chi connectivity index (χ0) is 15.9. The maximum Gasteiger partial charge on any atom is 0.261 e. The van der Waals surface area contributed by atoms with E-state index in [1.165, 1.54) is 12.8 Å². The van der Waals surface area contributed by atoms with Crippen LogP contribution in [0.15, 0.2) is 29.1 Å². The zero-order valence-electron chi connectivity index (χ0n) is 14.0. The molecule has 4 nitrogen and oxygen atoms in total. The van der Waals surface area contributed by atoms with Gasteiger partial charge in [-0.15, -0.1) is 0 Å². The van der Waals surface area contributed by atoms with Crippen LogP contribution in [0.4, 0.5) is 0 Å². The standard InChI is InChI=1S/C18H27N3O/c1-4-7-12-19-15(6-3)17-20-16-11-9-8-10-14(16)18(22)21(17)13-5-2/h8-11,15,19H,4-7,12-13H2,1-3H3/p+1/t15-/m1/s1. The van der Waals surface area contributed by atoms with E-state index in [4.69, 9.17) is 4.98 Å². The van der Waals surface area contributed by atoms with Crippen molar-refractivity contribution in [1.29, 1.82) is 0 Å². The van der Waals surface area contributed by atoms with Gasteiger partial charge in [0.15, 0.2) is 5.82 Å². The van der Waals surface area contributed by atoms with Crippen LogP contribution in [0, 0.1) is 0 Å². The molecule has 120 valence electrons. The van der Waals surface area contributed by atoms with Crippen molar-refractivity contribution < 1.29 is 5.32 Å². The van der Waals surface area contributed by atoms with Crippen LogP contribution in [0.1, 0.15) is 58.3 Å². The van der Waals surface area contributed by atoms with Crippen LogP contribution < -0.4 is 10.9 Å². The fourth-order valence-electron chi connectivity index (χ4n) is 2.89. The van der Waals surface area contributed by atoms with Gasteiger partial charge in [-0.3, -0.25) is 9.36 Å². The average Bonchev–Trinajstić information content (AvgIpc) is 2.54. The number of quaternary nitrogens is 1. The molecule has 0 amide bonds. The average molecular weight is 302 g/mol. The molecule has 1 aromatic carbocycles. The summed E-state index contributed by atoms with van der Waals surface area (Å²) in [5.74, 6) is 0.934. The minimum atomic E-state index is 0.102. The Morgan fingerprint density at radius 1 is 1.18 bits per heavy atom. The summed E-state index contributed by atoms with van der Waals surface area (Å²) in [4.78, 5) is 17.6. The normalized spacial score (nSPS) is 12.7. The molecule has 0 spiro atoms. The molecule has 0 saturated carbocycles. The molecule has 0 radical (unpaired) electrons. The molecule has 0 bridgehead atoms. The van der Waals surface area contributed by atoms with Crippen molar-refractivity contribution in [3.05, 3.63) is 40.4 Å². The highest BCUT2D eigenvalue weighted by Gasteiger charge is 2.20. The number of benzene rings is 1. The highest BCUT2D eigenvalue weighted by Crippen LogP contribution is 2.14. The Kier molecular flexibility index (Phi) is 6.13. The van der Waals surface area contributed by atoms with Gasteiger partial charge < -0.3 is 5.32 Å². The molecule has 2 N–H and O–H groups in total. The Morgan fingerprint density at radius 3 is 2.64 bits per heavy atom. The Labute approximate surface area is 132 Å². The second kappa shape index (κ2) is 8.08. The van der Waals surface area contributed by atoms with Gasteiger partial charge in [0.25, 0.3) is 5.56 Å². The number of rotatable bonds is 8. The van der Waals surface area contributed by atoms with Crippen LogP contribution in [0.3, 0.4) is 0 Å². The lowest BCUT2D eigenvalue weighted by atomic mass is 10.1. The van der Waals surface area contributed by atoms with E-state index in [2.05, 4.69) is 26.1 Å². The molecule has 4 heteroatoms. The number of hydrogen-bond acceptors (Lipinski definition) is 2. The predicted molar refractivity (Wildman–Crippen MR) is 91.0 cm³/mol. The predicted octanol–water partition coefficient (Wildman–Crippen LogP) is 2.62. The van der Waals surface area contributed by atoms with E-state index in [9.17, 15) is 4.79 Å². The van der Waals surface area contributed by atoms with Crippen LogP contribution in [0.25, 0.3) is 10.9 Å². The molecule has 0 fully saturated rings. The molecule has 2 aromatic rings. The summed E-state index contributed by atoms with van der Waals surface area (Å²) in [6.07, 6.45) is 4.32. The minimum Gasteiger partial charge on any atom is -0.338 e. The van der Waals surface area contributed by atoms with Crippen molar-refractivity contribution in [3.63, 3.8) is 0 Å². The molecule has 0 aliphatic heterocycles. The molecular formula is C18H28N3O+. The Bertz CT molecular complexity index is 663. The summed E-state index contributed by atoms with van der Waals surface area (Å²) in [5.41, 5.74) is 0.919. The van der Waals surface area contributed by atoms with Crippen LogP contribution >= 0.6 is 0 Å². The van der Waals surface area contributed by atoms with E-state index in [1.807, 2.05) is 28.8 Å².